The van der Waals surface area contributed by atoms with E-state index in [2.05, 4.69) is 184 Å². The summed E-state index contributed by atoms with van der Waals surface area (Å²) in [7, 11) is 0. The second-order valence-corrected chi connectivity index (χ2v) is 14.3. The Labute approximate surface area is 302 Å². The number of hydrogen-bond acceptors (Lipinski definition) is 2. The normalized spacial score (nSPS) is 12.5. The minimum Gasteiger partial charge on any atom is -0.308 e. The lowest BCUT2D eigenvalue weighted by molar-refractivity contribution is 1.24. The lowest BCUT2D eigenvalue weighted by Crippen LogP contribution is -2.11. The van der Waals surface area contributed by atoms with Gasteiger partial charge in [0.05, 0.1) is 39.5 Å². The van der Waals surface area contributed by atoms with Gasteiger partial charge >= 0.3 is 0 Å². The molecule has 0 radical (unpaired) electrons. The maximum Gasteiger partial charge on any atom is 0.146 e. The largest absolute Gasteiger partial charge is 0.308 e. The van der Waals surface area contributed by atoms with E-state index in [-0.39, 0.29) is 0 Å². The Kier molecular flexibility index (Phi) is 5.08. The summed E-state index contributed by atoms with van der Waals surface area (Å²) < 4.78 is 4.94. The third kappa shape index (κ3) is 3.34. The molecule has 0 atom stereocenters. The summed E-state index contributed by atoms with van der Waals surface area (Å²) in [4.78, 5) is 7.91. The highest BCUT2D eigenvalue weighted by Crippen LogP contribution is 2.52. The quantitative estimate of drug-likeness (QED) is 0.187. The molecule has 4 heteroatoms. The first-order chi connectivity index (χ1) is 26.3. The average molecular weight is 673 g/mol. The standard InChI is InChI=1S/C49H28N4/c1-3-16-31(17-4-1)51(32-18-5-2-6-19-32)40-27-30-15-8-10-21-34(30)44-43-33-20-9-7-14-29(33)26-38-45-42-37-24-13-23-36-35-22-11-12-25-39(35)52(46(36)37)41(42)28-50-49(45)53(47(38)43)48(40)44/h1-28H. The van der Waals surface area contributed by atoms with E-state index in [1.807, 2.05) is 0 Å². The molecule has 5 heterocycles. The molecule has 244 valence electrons. The van der Waals surface area contributed by atoms with Crippen LogP contribution in [0, 0.1) is 0 Å². The molecule has 0 aliphatic rings. The Bertz CT molecular complexity index is 3580. The minimum atomic E-state index is 0.985. The summed E-state index contributed by atoms with van der Waals surface area (Å²) >= 11 is 0. The van der Waals surface area contributed by atoms with E-state index >= 15 is 0 Å². The number of rotatable bonds is 3. The summed E-state index contributed by atoms with van der Waals surface area (Å²) in [6.45, 7) is 0. The average Bonchev–Trinajstić information content (AvgIpc) is 3.95. The molecular formula is C49H28N4. The molecule has 13 aromatic rings. The number of para-hydroxylation sites is 4. The fourth-order valence-electron chi connectivity index (χ4n) is 9.72. The minimum absolute atomic E-state index is 0.985. The molecule has 0 amide bonds. The van der Waals surface area contributed by atoms with Crippen LogP contribution in [-0.4, -0.2) is 13.8 Å². The van der Waals surface area contributed by atoms with E-state index in [0.717, 1.165) is 33.7 Å². The molecule has 0 N–H and O–H groups in total. The fourth-order valence-corrected chi connectivity index (χ4v) is 9.72. The van der Waals surface area contributed by atoms with E-state index in [1.54, 1.807) is 0 Å². The monoisotopic (exact) mass is 672 g/mol. The Hall–Kier alpha value is -7.17. The van der Waals surface area contributed by atoms with Crippen molar-refractivity contribution in [3.05, 3.63) is 170 Å². The van der Waals surface area contributed by atoms with Crippen molar-refractivity contribution in [2.45, 2.75) is 0 Å². The first kappa shape index (κ1) is 27.5. The van der Waals surface area contributed by atoms with Crippen LogP contribution in [0.2, 0.25) is 0 Å². The molecule has 13 rings (SSSR count). The molecule has 0 saturated heterocycles. The predicted molar refractivity (Wildman–Crippen MR) is 223 cm³/mol. The van der Waals surface area contributed by atoms with Gasteiger partial charge in [0.25, 0.3) is 0 Å². The van der Waals surface area contributed by atoms with Crippen LogP contribution in [0.1, 0.15) is 0 Å². The summed E-state index contributed by atoms with van der Waals surface area (Å²) in [5.41, 5.74) is 10.3. The summed E-state index contributed by atoms with van der Waals surface area (Å²) in [6, 6.07) is 59.7. The van der Waals surface area contributed by atoms with Gasteiger partial charge in [-0.25, -0.2) is 4.98 Å². The van der Waals surface area contributed by atoms with Gasteiger partial charge in [-0.1, -0.05) is 121 Å². The molecule has 0 saturated carbocycles. The Balaban J connectivity index is 1.33. The fraction of sp³-hybridized carbons (Fsp3) is 0. The second-order valence-electron chi connectivity index (χ2n) is 14.3. The van der Waals surface area contributed by atoms with Gasteiger partial charge in [-0.3, -0.25) is 4.40 Å². The van der Waals surface area contributed by atoms with Crippen molar-refractivity contribution in [2.75, 3.05) is 4.90 Å². The number of pyridine rings is 1. The van der Waals surface area contributed by atoms with Crippen LogP contribution in [-0.2, 0) is 0 Å². The van der Waals surface area contributed by atoms with Crippen molar-refractivity contribution in [3.63, 3.8) is 0 Å². The van der Waals surface area contributed by atoms with Gasteiger partial charge < -0.3 is 9.30 Å². The maximum atomic E-state index is 5.49. The number of nitrogens with zero attached hydrogens (tertiary/aromatic N) is 4. The third-order valence-electron chi connectivity index (χ3n) is 11.7. The Morgan fingerprint density at radius 3 is 1.70 bits per heavy atom. The van der Waals surface area contributed by atoms with Gasteiger partial charge in [0.2, 0.25) is 0 Å². The molecule has 4 nitrogen and oxygen atoms in total. The number of hydrogen-bond donors (Lipinski definition) is 0. The number of benzene rings is 8. The van der Waals surface area contributed by atoms with Crippen LogP contribution in [0.4, 0.5) is 17.1 Å². The highest BCUT2D eigenvalue weighted by Gasteiger charge is 2.29. The number of fused-ring (bicyclic) bond motifs is 17. The summed E-state index contributed by atoms with van der Waals surface area (Å²) in [5.74, 6) is 0. The zero-order valence-electron chi connectivity index (χ0n) is 28.5. The lowest BCUT2D eigenvalue weighted by atomic mass is 9.96. The van der Waals surface area contributed by atoms with Crippen LogP contribution in [0.25, 0.3) is 97.9 Å². The van der Waals surface area contributed by atoms with Gasteiger partial charge in [0, 0.05) is 54.5 Å². The molecule has 0 bridgehead atoms. The van der Waals surface area contributed by atoms with Gasteiger partial charge in [0.1, 0.15) is 5.65 Å². The first-order valence-corrected chi connectivity index (χ1v) is 18.2. The van der Waals surface area contributed by atoms with Gasteiger partial charge in [-0.2, -0.15) is 0 Å². The van der Waals surface area contributed by atoms with Crippen molar-refractivity contribution in [2.24, 2.45) is 0 Å². The smallest absolute Gasteiger partial charge is 0.146 e. The first-order valence-electron chi connectivity index (χ1n) is 18.2. The SMILES string of the molecule is c1ccc(N(c2ccccc2)c2cc3ccccc3c3c4c5ccccc5cc5c6c7c8cccc9c%10ccccc%10n(c7cnc6n(c23)c54)c98)cc1. The molecule has 5 aromatic heterocycles. The lowest BCUT2D eigenvalue weighted by Gasteiger charge is -2.27. The van der Waals surface area contributed by atoms with Crippen LogP contribution < -0.4 is 4.90 Å². The molecule has 0 unspecified atom stereocenters. The molecule has 53 heavy (non-hydrogen) atoms. The number of anilines is 3. The third-order valence-corrected chi connectivity index (χ3v) is 11.7. The number of aromatic nitrogens is 3. The van der Waals surface area contributed by atoms with Crippen LogP contribution in [0.5, 0.6) is 0 Å². The summed E-state index contributed by atoms with van der Waals surface area (Å²) in [5, 5.41) is 15.0. The Morgan fingerprint density at radius 1 is 0.377 bits per heavy atom. The van der Waals surface area contributed by atoms with Crippen molar-refractivity contribution < 1.29 is 0 Å². The van der Waals surface area contributed by atoms with Crippen LogP contribution in [0.15, 0.2) is 170 Å². The van der Waals surface area contributed by atoms with E-state index in [1.165, 1.54) is 81.2 Å². The van der Waals surface area contributed by atoms with Crippen molar-refractivity contribution in [1.82, 2.24) is 13.8 Å². The van der Waals surface area contributed by atoms with Gasteiger partial charge in [-0.15, -0.1) is 0 Å². The highest BCUT2D eigenvalue weighted by atomic mass is 15.2. The molecular weight excluding hydrogens is 645 g/mol. The van der Waals surface area contributed by atoms with Crippen molar-refractivity contribution >= 4 is 115 Å². The highest BCUT2D eigenvalue weighted by molar-refractivity contribution is 6.40. The van der Waals surface area contributed by atoms with Gasteiger partial charge in [0.15, 0.2) is 0 Å². The van der Waals surface area contributed by atoms with E-state index < -0.39 is 0 Å². The maximum absolute atomic E-state index is 5.49. The van der Waals surface area contributed by atoms with Crippen molar-refractivity contribution in [3.8, 4) is 0 Å². The Morgan fingerprint density at radius 2 is 0.962 bits per heavy atom. The van der Waals surface area contributed by atoms with Crippen LogP contribution >= 0.6 is 0 Å². The molecule has 0 aliphatic heterocycles. The second kappa shape index (κ2) is 9.78. The predicted octanol–water partition coefficient (Wildman–Crippen LogP) is 13.2. The summed E-state index contributed by atoms with van der Waals surface area (Å²) in [6.07, 6.45) is 2.12. The topological polar surface area (TPSA) is 24.9 Å². The van der Waals surface area contributed by atoms with E-state index in [9.17, 15) is 0 Å². The molecule has 8 aromatic carbocycles. The molecule has 0 spiro atoms. The zero-order chi connectivity index (χ0) is 34.4. The molecule has 0 aliphatic carbocycles. The van der Waals surface area contributed by atoms with Gasteiger partial charge in [-0.05, 0) is 64.0 Å². The zero-order valence-corrected chi connectivity index (χ0v) is 28.5. The van der Waals surface area contributed by atoms with Crippen molar-refractivity contribution in [1.29, 1.82) is 0 Å². The van der Waals surface area contributed by atoms with Crippen LogP contribution in [0.3, 0.4) is 0 Å². The van der Waals surface area contributed by atoms with E-state index in [0.29, 0.717) is 0 Å². The van der Waals surface area contributed by atoms with E-state index in [4.69, 9.17) is 4.98 Å². The molecule has 0 fully saturated rings.